The van der Waals surface area contributed by atoms with Gasteiger partial charge >= 0.3 is 0 Å². The maximum atomic E-state index is 10.8. The van der Waals surface area contributed by atoms with Crippen LogP contribution < -0.4 is 11.0 Å². The minimum Gasteiger partial charge on any atom is -0.505 e. The van der Waals surface area contributed by atoms with Crippen molar-refractivity contribution in [2.75, 3.05) is 5.12 Å². The van der Waals surface area contributed by atoms with Crippen molar-refractivity contribution in [2.24, 2.45) is 10.9 Å². The van der Waals surface area contributed by atoms with Gasteiger partial charge < -0.3 is 5.11 Å². The summed E-state index contributed by atoms with van der Waals surface area (Å²) in [6.07, 6.45) is 7.50. The second kappa shape index (κ2) is 6.52. The number of aromatic hydroxyl groups is 1. The molecule has 4 nitrogen and oxygen atoms in total. The summed E-state index contributed by atoms with van der Waals surface area (Å²) in [5, 5.41) is 16.5. The molecule has 4 heteroatoms. The molecule has 1 aliphatic carbocycles. The summed E-state index contributed by atoms with van der Waals surface area (Å²) < 4.78 is 0. The van der Waals surface area contributed by atoms with Gasteiger partial charge in [-0.05, 0) is 34.1 Å². The molecule has 25 heavy (non-hydrogen) atoms. The van der Waals surface area contributed by atoms with Crippen molar-refractivity contribution >= 4 is 11.4 Å². The lowest BCUT2D eigenvalue weighted by molar-refractivity contribution is 0.444. The highest BCUT2D eigenvalue weighted by atomic mass is 16.3. The number of allylic oxidation sites excluding steroid dienone is 5. The SMILES string of the molecule is C=C1C=CC=C/C1=N/N(N)c1cc(C(C)(C)C)cc(C(C)(C)C)c1O. The monoisotopic (exact) mass is 339 g/mol. The van der Waals surface area contributed by atoms with Crippen molar-refractivity contribution in [1.29, 1.82) is 0 Å². The molecule has 0 saturated heterocycles. The van der Waals surface area contributed by atoms with Crippen LogP contribution in [0.15, 0.2) is 53.7 Å². The molecule has 134 valence electrons. The number of benzene rings is 1. The summed E-state index contributed by atoms with van der Waals surface area (Å²) in [7, 11) is 0. The average molecular weight is 339 g/mol. The Hall–Kier alpha value is -2.33. The molecular weight excluding hydrogens is 310 g/mol. The van der Waals surface area contributed by atoms with Crippen molar-refractivity contribution in [2.45, 2.75) is 52.4 Å². The Balaban J connectivity index is 2.60. The molecule has 0 unspecified atom stereocenters. The molecule has 0 aromatic heterocycles. The number of hydrogen-bond donors (Lipinski definition) is 2. The summed E-state index contributed by atoms with van der Waals surface area (Å²) in [5.41, 5.74) is 3.59. The zero-order chi connectivity index (χ0) is 19.0. The highest BCUT2D eigenvalue weighted by Crippen LogP contribution is 2.41. The second-order valence-corrected chi connectivity index (χ2v) is 8.46. The molecule has 1 aliphatic rings. The van der Waals surface area contributed by atoms with Crippen LogP contribution in [0.5, 0.6) is 5.75 Å². The lowest BCUT2D eigenvalue weighted by Gasteiger charge is -2.29. The Morgan fingerprint density at radius 3 is 2.12 bits per heavy atom. The van der Waals surface area contributed by atoms with E-state index in [1.54, 1.807) is 0 Å². The smallest absolute Gasteiger partial charge is 0.146 e. The molecule has 0 amide bonds. The van der Waals surface area contributed by atoms with Crippen LogP contribution in [0.25, 0.3) is 0 Å². The fourth-order valence-corrected chi connectivity index (χ4v) is 2.58. The molecule has 0 atom stereocenters. The predicted molar refractivity (Wildman–Crippen MR) is 107 cm³/mol. The van der Waals surface area contributed by atoms with Gasteiger partial charge in [-0.3, -0.25) is 0 Å². The van der Waals surface area contributed by atoms with E-state index < -0.39 is 0 Å². The van der Waals surface area contributed by atoms with Crippen molar-refractivity contribution in [1.82, 2.24) is 0 Å². The van der Waals surface area contributed by atoms with Gasteiger partial charge in [0, 0.05) is 5.56 Å². The third-order valence-electron chi connectivity index (χ3n) is 4.22. The Morgan fingerprint density at radius 2 is 1.60 bits per heavy atom. The number of phenolic OH excluding ortho intramolecular Hbond substituents is 1. The molecule has 3 N–H and O–H groups in total. The normalized spacial score (nSPS) is 16.6. The van der Waals surface area contributed by atoms with Gasteiger partial charge in [-0.25, -0.2) is 5.84 Å². The molecule has 0 aliphatic heterocycles. The zero-order valence-electron chi connectivity index (χ0n) is 16.1. The fraction of sp³-hybridized carbons (Fsp3) is 0.381. The molecule has 0 saturated carbocycles. The first-order valence-electron chi connectivity index (χ1n) is 8.46. The van der Waals surface area contributed by atoms with Gasteiger partial charge in [0.2, 0.25) is 0 Å². The molecular formula is C21H29N3O. The Morgan fingerprint density at radius 1 is 1.00 bits per heavy atom. The first kappa shape index (κ1) is 19.0. The second-order valence-electron chi connectivity index (χ2n) is 8.46. The molecule has 0 spiro atoms. The Kier molecular flexibility index (Phi) is 4.96. The van der Waals surface area contributed by atoms with Gasteiger partial charge in [0.25, 0.3) is 0 Å². The van der Waals surface area contributed by atoms with Gasteiger partial charge in [-0.15, -0.1) is 0 Å². The summed E-state index contributed by atoms with van der Waals surface area (Å²) in [5.74, 6) is 6.36. The van der Waals surface area contributed by atoms with E-state index in [2.05, 4.69) is 59.3 Å². The van der Waals surface area contributed by atoms with Gasteiger partial charge in [-0.2, -0.15) is 10.2 Å². The number of nitrogens with zero attached hydrogens (tertiary/aromatic N) is 2. The van der Waals surface area contributed by atoms with Gasteiger partial charge in [0.15, 0.2) is 0 Å². The van der Waals surface area contributed by atoms with E-state index in [0.717, 1.165) is 16.7 Å². The molecule has 1 aromatic carbocycles. The van der Waals surface area contributed by atoms with Crippen LogP contribution in [-0.4, -0.2) is 10.8 Å². The number of hydrogen-bond acceptors (Lipinski definition) is 4. The topological polar surface area (TPSA) is 61.8 Å². The largest absolute Gasteiger partial charge is 0.505 e. The van der Waals surface area contributed by atoms with E-state index in [4.69, 9.17) is 5.84 Å². The minimum absolute atomic E-state index is 0.0759. The Labute approximate surface area is 151 Å². The van der Waals surface area contributed by atoms with Gasteiger partial charge in [0.1, 0.15) is 11.4 Å². The van der Waals surface area contributed by atoms with E-state index in [1.807, 2.05) is 30.4 Å². The average Bonchev–Trinajstić information content (AvgIpc) is 2.47. The van der Waals surface area contributed by atoms with E-state index in [9.17, 15) is 5.11 Å². The van der Waals surface area contributed by atoms with Gasteiger partial charge in [0.05, 0.1) is 5.71 Å². The number of nitrogens with two attached hydrogens (primary N) is 1. The highest BCUT2D eigenvalue weighted by molar-refractivity contribution is 6.11. The molecule has 0 bridgehead atoms. The van der Waals surface area contributed by atoms with E-state index in [-0.39, 0.29) is 16.6 Å². The summed E-state index contributed by atoms with van der Waals surface area (Å²) >= 11 is 0. The van der Waals surface area contributed by atoms with E-state index in [1.165, 1.54) is 5.12 Å². The van der Waals surface area contributed by atoms with Crippen LogP contribution >= 0.6 is 0 Å². The number of anilines is 1. The van der Waals surface area contributed by atoms with Crippen molar-refractivity contribution in [3.8, 4) is 5.75 Å². The number of hydrazine groups is 1. The number of phenols is 1. The van der Waals surface area contributed by atoms with Crippen LogP contribution in [0.3, 0.4) is 0 Å². The fourth-order valence-electron chi connectivity index (χ4n) is 2.58. The first-order chi connectivity index (χ1) is 11.4. The Bertz CT molecular complexity index is 772. The summed E-state index contributed by atoms with van der Waals surface area (Å²) in [6, 6.07) is 3.96. The summed E-state index contributed by atoms with van der Waals surface area (Å²) in [6.45, 7) is 16.6. The van der Waals surface area contributed by atoms with E-state index >= 15 is 0 Å². The van der Waals surface area contributed by atoms with E-state index in [0.29, 0.717) is 11.4 Å². The quantitative estimate of drug-likeness (QED) is 0.606. The molecule has 2 rings (SSSR count). The van der Waals surface area contributed by atoms with Crippen LogP contribution in [0, 0.1) is 0 Å². The van der Waals surface area contributed by atoms with Crippen LogP contribution in [0.4, 0.5) is 5.69 Å². The lowest BCUT2D eigenvalue weighted by Crippen LogP contribution is -2.28. The summed E-state index contributed by atoms with van der Waals surface area (Å²) in [4.78, 5) is 0. The van der Waals surface area contributed by atoms with Gasteiger partial charge in [-0.1, -0.05) is 72.4 Å². The molecule has 1 aromatic rings. The minimum atomic E-state index is -0.217. The molecule has 0 heterocycles. The van der Waals surface area contributed by atoms with Crippen LogP contribution in [0.2, 0.25) is 0 Å². The highest BCUT2D eigenvalue weighted by Gasteiger charge is 2.26. The standard InChI is InChI=1S/C21H29N3O/c1-14-10-8-9-11-17(14)23-24(22)18-13-15(20(2,3)4)12-16(19(18)25)21(5,6)7/h8-13,25H,1,22H2,2-7H3/b23-17-. The number of hydrazone groups is 1. The number of rotatable bonds is 2. The predicted octanol–water partition coefficient (Wildman–Crippen LogP) is 4.71. The zero-order valence-corrected chi connectivity index (χ0v) is 16.1. The lowest BCUT2D eigenvalue weighted by atomic mass is 9.79. The molecule has 0 radical (unpaired) electrons. The van der Waals surface area contributed by atoms with Crippen molar-refractivity contribution in [3.05, 3.63) is 59.7 Å². The van der Waals surface area contributed by atoms with Crippen molar-refractivity contribution < 1.29 is 5.11 Å². The third kappa shape index (κ3) is 4.20. The van der Waals surface area contributed by atoms with Crippen molar-refractivity contribution in [3.63, 3.8) is 0 Å². The van der Waals surface area contributed by atoms with Crippen LogP contribution in [-0.2, 0) is 10.8 Å². The van der Waals surface area contributed by atoms with Crippen LogP contribution in [0.1, 0.15) is 52.7 Å². The molecule has 0 fully saturated rings. The first-order valence-corrected chi connectivity index (χ1v) is 8.46. The third-order valence-corrected chi connectivity index (χ3v) is 4.22. The maximum absolute atomic E-state index is 10.8. The maximum Gasteiger partial charge on any atom is 0.146 e.